The highest BCUT2D eigenvalue weighted by Gasteiger charge is 2.43. The fourth-order valence-electron chi connectivity index (χ4n) is 1.85. The van der Waals surface area contributed by atoms with E-state index in [1.807, 2.05) is 0 Å². The fraction of sp³-hybridized carbons (Fsp3) is 0.769. The molecular weight excluding hydrogens is 298 g/mol. The van der Waals surface area contributed by atoms with Crippen LogP contribution in [-0.4, -0.2) is 90.0 Å². The van der Waals surface area contributed by atoms with Crippen molar-refractivity contribution in [1.82, 2.24) is 5.32 Å². The third kappa shape index (κ3) is 5.61. The minimum absolute atomic E-state index is 0.0676. The molecular formula is C13H23NO8. The van der Waals surface area contributed by atoms with E-state index >= 15 is 0 Å². The minimum atomic E-state index is -1.47. The highest BCUT2D eigenvalue weighted by molar-refractivity contribution is 5.86. The van der Waals surface area contributed by atoms with E-state index in [0.29, 0.717) is 6.54 Å². The van der Waals surface area contributed by atoms with Crippen LogP contribution in [0.2, 0.25) is 0 Å². The van der Waals surface area contributed by atoms with Crippen molar-refractivity contribution < 1.29 is 39.4 Å². The van der Waals surface area contributed by atoms with E-state index in [4.69, 9.17) is 19.3 Å². The lowest BCUT2D eigenvalue weighted by Gasteiger charge is -2.39. The van der Waals surface area contributed by atoms with Crippen LogP contribution in [0.3, 0.4) is 0 Å². The molecule has 128 valence electrons. The number of hydrogen-bond donors (Lipinski definition) is 5. The summed E-state index contributed by atoms with van der Waals surface area (Å²) in [6, 6.07) is 0. The monoisotopic (exact) mass is 321 g/mol. The number of amides is 1. The average molecular weight is 321 g/mol. The van der Waals surface area contributed by atoms with Gasteiger partial charge in [0, 0.05) is 6.54 Å². The summed E-state index contributed by atoms with van der Waals surface area (Å²) in [5, 5.41) is 40.4. The number of ether oxygens (including phenoxy) is 3. The molecule has 1 aliphatic heterocycles. The van der Waals surface area contributed by atoms with Crippen molar-refractivity contribution in [3.05, 3.63) is 12.7 Å². The molecule has 5 N–H and O–H groups in total. The third-order valence-corrected chi connectivity index (χ3v) is 3.09. The van der Waals surface area contributed by atoms with Gasteiger partial charge in [-0.05, 0) is 6.08 Å². The Labute approximate surface area is 128 Å². The summed E-state index contributed by atoms with van der Waals surface area (Å²) in [4.78, 5) is 10.8. The van der Waals surface area contributed by atoms with Crippen molar-refractivity contribution in [3.8, 4) is 0 Å². The first-order chi connectivity index (χ1) is 10.5. The Morgan fingerprint density at radius 1 is 1.18 bits per heavy atom. The fourth-order valence-corrected chi connectivity index (χ4v) is 1.85. The molecule has 1 rings (SSSR count). The topological polar surface area (TPSA) is 138 Å². The Kier molecular flexibility index (Phi) is 8.49. The van der Waals surface area contributed by atoms with E-state index in [0.717, 1.165) is 6.08 Å². The summed E-state index contributed by atoms with van der Waals surface area (Å²) in [5.74, 6) is -0.291. The Balaban J connectivity index is 2.18. The molecule has 1 amide bonds. The van der Waals surface area contributed by atoms with E-state index in [2.05, 4.69) is 11.9 Å². The number of nitrogens with one attached hydrogen (secondary N) is 1. The maximum absolute atomic E-state index is 10.8. The molecule has 0 radical (unpaired) electrons. The Morgan fingerprint density at radius 2 is 1.91 bits per heavy atom. The zero-order chi connectivity index (χ0) is 16.5. The van der Waals surface area contributed by atoms with Crippen molar-refractivity contribution in [1.29, 1.82) is 0 Å². The van der Waals surface area contributed by atoms with Gasteiger partial charge in [0.05, 0.1) is 26.4 Å². The van der Waals surface area contributed by atoms with Crippen LogP contribution in [-0.2, 0) is 19.0 Å². The van der Waals surface area contributed by atoms with Crippen molar-refractivity contribution in [3.63, 3.8) is 0 Å². The predicted octanol–water partition coefficient (Wildman–Crippen LogP) is -2.88. The van der Waals surface area contributed by atoms with Crippen molar-refractivity contribution in [2.75, 3.05) is 33.0 Å². The second-order valence-electron chi connectivity index (χ2n) is 4.68. The Hall–Kier alpha value is -1.07. The zero-order valence-electron chi connectivity index (χ0n) is 12.1. The third-order valence-electron chi connectivity index (χ3n) is 3.09. The SMILES string of the molecule is C=CC(=O)NCCOCCOC1O[C@H](CO)[C@@H](O)[C@H](O)[C@H]1O. The summed E-state index contributed by atoms with van der Waals surface area (Å²) < 4.78 is 15.5. The minimum Gasteiger partial charge on any atom is -0.394 e. The van der Waals surface area contributed by atoms with E-state index in [9.17, 15) is 20.1 Å². The lowest BCUT2D eigenvalue weighted by molar-refractivity contribution is -0.302. The zero-order valence-corrected chi connectivity index (χ0v) is 12.1. The van der Waals surface area contributed by atoms with Crippen LogP contribution in [0.5, 0.6) is 0 Å². The van der Waals surface area contributed by atoms with Gasteiger partial charge in [-0.25, -0.2) is 0 Å². The summed E-state index contributed by atoms with van der Waals surface area (Å²) in [7, 11) is 0. The summed E-state index contributed by atoms with van der Waals surface area (Å²) in [6.45, 7) is 3.64. The van der Waals surface area contributed by atoms with Gasteiger partial charge in [0.2, 0.25) is 5.91 Å². The molecule has 1 heterocycles. The van der Waals surface area contributed by atoms with Gasteiger partial charge in [0.15, 0.2) is 6.29 Å². The number of rotatable bonds is 9. The van der Waals surface area contributed by atoms with Gasteiger partial charge < -0.3 is 40.0 Å². The van der Waals surface area contributed by atoms with Gasteiger partial charge in [-0.2, -0.15) is 0 Å². The predicted molar refractivity (Wildman–Crippen MR) is 73.7 cm³/mol. The maximum atomic E-state index is 10.8. The first kappa shape index (κ1) is 19.0. The second-order valence-corrected chi connectivity index (χ2v) is 4.68. The first-order valence-electron chi connectivity index (χ1n) is 6.91. The number of hydrogen-bond acceptors (Lipinski definition) is 8. The molecule has 1 aliphatic rings. The first-order valence-corrected chi connectivity index (χ1v) is 6.91. The van der Waals surface area contributed by atoms with Gasteiger partial charge in [-0.1, -0.05) is 6.58 Å². The largest absolute Gasteiger partial charge is 0.394 e. The maximum Gasteiger partial charge on any atom is 0.243 e. The molecule has 1 fully saturated rings. The van der Waals surface area contributed by atoms with Gasteiger partial charge >= 0.3 is 0 Å². The van der Waals surface area contributed by atoms with Gasteiger partial charge in [-0.3, -0.25) is 4.79 Å². The molecule has 9 nitrogen and oxygen atoms in total. The highest BCUT2D eigenvalue weighted by atomic mass is 16.7. The van der Waals surface area contributed by atoms with E-state index in [1.165, 1.54) is 0 Å². The van der Waals surface area contributed by atoms with E-state index in [-0.39, 0.29) is 25.7 Å². The molecule has 0 aliphatic carbocycles. The molecule has 0 spiro atoms. The van der Waals surface area contributed by atoms with Crippen LogP contribution in [0.25, 0.3) is 0 Å². The molecule has 0 bridgehead atoms. The standard InChI is InChI=1S/C13H23NO8/c1-2-9(16)14-3-4-20-5-6-21-13-12(19)11(18)10(17)8(7-15)22-13/h2,8,10-13,15,17-19H,1,3-7H2,(H,14,16)/t8-,10-,11+,12-,13?/m1/s1. The molecule has 0 aromatic rings. The van der Waals surface area contributed by atoms with Crippen LogP contribution in [0.4, 0.5) is 0 Å². The molecule has 5 atom stereocenters. The lowest BCUT2D eigenvalue weighted by Crippen LogP contribution is -2.59. The van der Waals surface area contributed by atoms with Gasteiger partial charge in [0.1, 0.15) is 24.4 Å². The molecule has 1 unspecified atom stereocenters. The average Bonchev–Trinajstić information content (AvgIpc) is 2.53. The summed E-state index contributed by atoms with van der Waals surface area (Å²) >= 11 is 0. The van der Waals surface area contributed by atoms with E-state index < -0.39 is 37.3 Å². The quantitative estimate of drug-likeness (QED) is 0.226. The van der Waals surface area contributed by atoms with Crippen molar-refractivity contribution in [2.24, 2.45) is 0 Å². The molecule has 22 heavy (non-hydrogen) atoms. The van der Waals surface area contributed by atoms with Crippen LogP contribution in [0.15, 0.2) is 12.7 Å². The number of aliphatic hydroxyl groups is 4. The normalized spacial score (nSPS) is 31.7. The molecule has 0 aromatic carbocycles. The lowest BCUT2D eigenvalue weighted by atomic mass is 9.99. The van der Waals surface area contributed by atoms with Gasteiger partial charge in [0.25, 0.3) is 0 Å². The highest BCUT2D eigenvalue weighted by Crippen LogP contribution is 2.21. The van der Waals surface area contributed by atoms with Crippen molar-refractivity contribution in [2.45, 2.75) is 30.7 Å². The molecule has 0 aromatic heterocycles. The van der Waals surface area contributed by atoms with Crippen molar-refractivity contribution >= 4 is 5.91 Å². The Morgan fingerprint density at radius 3 is 2.55 bits per heavy atom. The molecule has 9 heteroatoms. The van der Waals surface area contributed by atoms with Gasteiger partial charge in [-0.15, -0.1) is 0 Å². The summed E-state index contributed by atoms with van der Waals surface area (Å²) in [6.07, 6.45) is -5.32. The second kappa shape index (κ2) is 9.85. The number of aliphatic hydroxyl groups excluding tert-OH is 4. The van der Waals surface area contributed by atoms with E-state index in [1.54, 1.807) is 0 Å². The molecule has 0 saturated carbocycles. The number of carbonyl (C=O) groups excluding carboxylic acids is 1. The summed E-state index contributed by atoms with van der Waals surface area (Å²) in [5.41, 5.74) is 0. The van der Waals surface area contributed by atoms with Crippen LogP contribution >= 0.6 is 0 Å². The van der Waals surface area contributed by atoms with Crippen LogP contribution < -0.4 is 5.32 Å². The van der Waals surface area contributed by atoms with Crippen LogP contribution in [0, 0.1) is 0 Å². The van der Waals surface area contributed by atoms with Crippen LogP contribution in [0.1, 0.15) is 0 Å². The smallest absolute Gasteiger partial charge is 0.243 e. The Bertz CT molecular complexity index is 351. The number of carbonyl (C=O) groups is 1. The molecule has 1 saturated heterocycles.